The van der Waals surface area contributed by atoms with E-state index < -0.39 is 0 Å². The zero-order valence-corrected chi connectivity index (χ0v) is 10.2. The van der Waals surface area contributed by atoms with Gasteiger partial charge in [0.1, 0.15) is 0 Å². The molecule has 3 N–H and O–H groups in total. The summed E-state index contributed by atoms with van der Waals surface area (Å²) < 4.78 is 0. The summed E-state index contributed by atoms with van der Waals surface area (Å²) >= 11 is 5.92. The van der Waals surface area contributed by atoms with Crippen LogP contribution in [0.25, 0.3) is 0 Å². The zero-order valence-electron chi connectivity index (χ0n) is 9.42. The second-order valence-electron chi connectivity index (χ2n) is 3.70. The molecular formula is C12H17ClN2O. The Morgan fingerprint density at radius 1 is 1.44 bits per heavy atom. The lowest BCUT2D eigenvalue weighted by Crippen LogP contribution is -2.24. The number of unbranched alkanes of at least 4 members (excludes halogenated alkanes) is 2. The summed E-state index contributed by atoms with van der Waals surface area (Å²) in [6.45, 7) is 2.81. The van der Waals surface area contributed by atoms with E-state index in [0.717, 1.165) is 19.3 Å². The molecule has 16 heavy (non-hydrogen) atoms. The smallest absolute Gasteiger partial charge is 0.252 e. The normalized spacial score (nSPS) is 10.1. The minimum Gasteiger partial charge on any atom is -0.399 e. The molecule has 0 radical (unpaired) electrons. The number of carbonyl (C=O) groups is 1. The third-order valence-electron chi connectivity index (χ3n) is 2.30. The molecule has 0 aliphatic heterocycles. The Kier molecular flexibility index (Phi) is 5.12. The topological polar surface area (TPSA) is 55.1 Å². The molecule has 0 atom stereocenters. The van der Waals surface area contributed by atoms with Crippen LogP contribution in [-0.2, 0) is 0 Å². The van der Waals surface area contributed by atoms with Crippen LogP contribution in [0.3, 0.4) is 0 Å². The van der Waals surface area contributed by atoms with Crippen LogP contribution < -0.4 is 11.1 Å². The van der Waals surface area contributed by atoms with E-state index in [1.807, 2.05) is 0 Å². The van der Waals surface area contributed by atoms with Crippen molar-refractivity contribution in [2.45, 2.75) is 26.2 Å². The van der Waals surface area contributed by atoms with Crippen LogP contribution in [0.1, 0.15) is 36.5 Å². The SMILES string of the molecule is CCCCCNC(=O)c1ccc(N)cc1Cl. The lowest BCUT2D eigenvalue weighted by atomic mass is 10.2. The average Bonchev–Trinajstić information content (AvgIpc) is 2.24. The van der Waals surface area contributed by atoms with E-state index in [1.165, 1.54) is 0 Å². The first kappa shape index (κ1) is 12.8. The molecule has 0 bridgehead atoms. The highest BCUT2D eigenvalue weighted by molar-refractivity contribution is 6.34. The molecule has 4 heteroatoms. The van der Waals surface area contributed by atoms with Crippen molar-refractivity contribution in [2.75, 3.05) is 12.3 Å². The second-order valence-corrected chi connectivity index (χ2v) is 4.11. The molecule has 0 aromatic heterocycles. The van der Waals surface area contributed by atoms with Crippen LogP contribution in [0.4, 0.5) is 5.69 Å². The largest absolute Gasteiger partial charge is 0.399 e. The zero-order chi connectivity index (χ0) is 12.0. The van der Waals surface area contributed by atoms with Gasteiger partial charge in [0.05, 0.1) is 10.6 Å². The highest BCUT2D eigenvalue weighted by atomic mass is 35.5. The van der Waals surface area contributed by atoms with Gasteiger partial charge in [0.15, 0.2) is 0 Å². The number of nitrogens with one attached hydrogen (secondary N) is 1. The first-order chi connectivity index (χ1) is 7.65. The standard InChI is InChI=1S/C12H17ClN2O/c1-2-3-4-7-15-12(16)10-6-5-9(14)8-11(10)13/h5-6,8H,2-4,7,14H2,1H3,(H,15,16). The van der Waals surface area contributed by atoms with Crippen LogP contribution in [0.5, 0.6) is 0 Å². The number of nitrogen functional groups attached to an aromatic ring is 1. The van der Waals surface area contributed by atoms with Crippen molar-refractivity contribution >= 4 is 23.2 Å². The summed E-state index contributed by atoms with van der Waals surface area (Å²) in [7, 11) is 0. The van der Waals surface area contributed by atoms with Crippen molar-refractivity contribution in [2.24, 2.45) is 0 Å². The summed E-state index contributed by atoms with van der Waals surface area (Å²) in [5.74, 6) is -0.138. The molecule has 0 unspecified atom stereocenters. The number of rotatable bonds is 5. The minimum atomic E-state index is -0.138. The average molecular weight is 241 g/mol. The summed E-state index contributed by atoms with van der Waals surface area (Å²) in [5.41, 5.74) is 6.59. The number of amides is 1. The number of hydrogen-bond acceptors (Lipinski definition) is 2. The van der Waals surface area contributed by atoms with Gasteiger partial charge in [0.25, 0.3) is 5.91 Å². The van der Waals surface area contributed by atoms with Gasteiger partial charge in [-0.05, 0) is 24.6 Å². The van der Waals surface area contributed by atoms with Gasteiger partial charge in [-0.15, -0.1) is 0 Å². The molecular weight excluding hydrogens is 224 g/mol. The number of halogens is 1. The van der Waals surface area contributed by atoms with Crippen LogP contribution >= 0.6 is 11.6 Å². The van der Waals surface area contributed by atoms with Crippen LogP contribution in [0, 0.1) is 0 Å². The first-order valence-corrected chi connectivity index (χ1v) is 5.86. The Hall–Kier alpha value is -1.22. The highest BCUT2D eigenvalue weighted by Crippen LogP contribution is 2.18. The molecule has 1 aromatic carbocycles. The van der Waals surface area contributed by atoms with Gasteiger partial charge in [-0.1, -0.05) is 31.4 Å². The Morgan fingerprint density at radius 3 is 2.81 bits per heavy atom. The van der Waals surface area contributed by atoms with Crippen molar-refractivity contribution in [3.63, 3.8) is 0 Å². The van der Waals surface area contributed by atoms with E-state index in [0.29, 0.717) is 22.8 Å². The highest BCUT2D eigenvalue weighted by Gasteiger charge is 2.09. The predicted octanol–water partition coefficient (Wildman–Crippen LogP) is 2.84. The quantitative estimate of drug-likeness (QED) is 0.614. The lowest BCUT2D eigenvalue weighted by Gasteiger charge is -2.06. The Bertz CT molecular complexity index is 366. The van der Waals surface area contributed by atoms with E-state index in [4.69, 9.17) is 17.3 Å². The summed E-state index contributed by atoms with van der Waals surface area (Å²) in [6.07, 6.45) is 3.25. The molecule has 0 saturated heterocycles. The maximum Gasteiger partial charge on any atom is 0.252 e. The van der Waals surface area contributed by atoms with Gasteiger partial charge in [0.2, 0.25) is 0 Å². The Morgan fingerprint density at radius 2 is 2.19 bits per heavy atom. The molecule has 0 fully saturated rings. The van der Waals surface area contributed by atoms with E-state index in [9.17, 15) is 4.79 Å². The number of anilines is 1. The van der Waals surface area contributed by atoms with Crippen LogP contribution in [0.2, 0.25) is 5.02 Å². The fourth-order valence-electron chi connectivity index (χ4n) is 1.39. The summed E-state index contributed by atoms with van der Waals surface area (Å²) in [5, 5.41) is 3.23. The third kappa shape index (κ3) is 3.74. The number of hydrogen-bond donors (Lipinski definition) is 2. The van der Waals surface area contributed by atoms with Gasteiger partial charge >= 0.3 is 0 Å². The lowest BCUT2D eigenvalue weighted by molar-refractivity contribution is 0.0953. The van der Waals surface area contributed by atoms with Crippen molar-refractivity contribution in [1.82, 2.24) is 5.32 Å². The molecule has 1 amide bonds. The molecule has 88 valence electrons. The van der Waals surface area contributed by atoms with Crippen molar-refractivity contribution in [3.05, 3.63) is 28.8 Å². The Balaban J connectivity index is 2.53. The van der Waals surface area contributed by atoms with Crippen LogP contribution in [-0.4, -0.2) is 12.5 Å². The van der Waals surface area contributed by atoms with E-state index in [-0.39, 0.29) is 5.91 Å². The van der Waals surface area contributed by atoms with Gasteiger partial charge in [-0.25, -0.2) is 0 Å². The molecule has 0 aliphatic carbocycles. The van der Waals surface area contributed by atoms with E-state index in [2.05, 4.69) is 12.2 Å². The van der Waals surface area contributed by atoms with Crippen molar-refractivity contribution < 1.29 is 4.79 Å². The molecule has 0 aliphatic rings. The monoisotopic (exact) mass is 240 g/mol. The fraction of sp³-hybridized carbons (Fsp3) is 0.417. The maximum absolute atomic E-state index is 11.7. The fourth-order valence-corrected chi connectivity index (χ4v) is 1.66. The first-order valence-electron chi connectivity index (χ1n) is 5.48. The molecule has 0 saturated carbocycles. The van der Waals surface area contributed by atoms with Crippen molar-refractivity contribution in [1.29, 1.82) is 0 Å². The van der Waals surface area contributed by atoms with Gasteiger partial charge in [-0.3, -0.25) is 4.79 Å². The van der Waals surface area contributed by atoms with Gasteiger partial charge < -0.3 is 11.1 Å². The molecule has 1 aromatic rings. The minimum absolute atomic E-state index is 0.138. The predicted molar refractivity (Wildman–Crippen MR) is 67.7 cm³/mol. The van der Waals surface area contributed by atoms with Crippen molar-refractivity contribution in [3.8, 4) is 0 Å². The van der Waals surface area contributed by atoms with Gasteiger partial charge in [-0.2, -0.15) is 0 Å². The molecule has 0 spiro atoms. The number of carbonyl (C=O) groups excluding carboxylic acids is 1. The molecule has 3 nitrogen and oxygen atoms in total. The summed E-state index contributed by atoms with van der Waals surface area (Å²) in [6, 6.07) is 4.90. The van der Waals surface area contributed by atoms with Crippen LogP contribution in [0.15, 0.2) is 18.2 Å². The van der Waals surface area contributed by atoms with E-state index >= 15 is 0 Å². The number of benzene rings is 1. The number of nitrogens with two attached hydrogens (primary N) is 1. The maximum atomic E-state index is 11.7. The van der Waals surface area contributed by atoms with Gasteiger partial charge in [0, 0.05) is 12.2 Å². The Labute approximate surface area is 101 Å². The van der Waals surface area contributed by atoms with E-state index in [1.54, 1.807) is 18.2 Å². The summed E-state index contributed by atoms with van der Waals surface area (Å²) in [4.78, 5) is 11.7. The molecule has 1 rings (SSSR count). The third-order valence-corrected chi connectivity index (χ3v) is 2.62. The molecule has 0 heterocycles. The second kappa shape index (κ2) is 6.38.